The van der Waals surface area contributed by atoms with E-state index < -0.39 is 0 Å². The minimum absolute atomic E-state index is 0.0349. The Kier molecular flexibility index (Phi) is 5.22. The molecule has 96 valence electrons. The van der Waals surface area contributed by atoms with Gasteiger partial charge in [-0.05, 0) is 18.3 Å². The van der Waals surface area contributed by atoms with E-state index in [1.54, 1.807) is 0 Å². The fraction of sp³-hybridized carbons (Fsp3) is 1.00. The van der Waals surface area contributed by atoms with Crippen molar-refractivity contribution in [3.8, 4) is 0 Å². The van der Waals surface area contributed by atoms with E-state index in [1.165, 1.54) is 19.3 Å². The molecule has 16 heavy (non-hydrogen) atoms. The maximum absolute atomic E-state index is 9.23. The highest BCUT2D eigenvalue weighted by atomic mass is 16.3. The maximum Gasteiger partial charge on any atom is 0.0518 e. The highest BCUT2D eigenvalue weighted by molar-refractivity contribution is 4.85. The maximum atomic E-state index is 9.23. The van der Waals surface area contributed by atoms with Crippen molar-refractivity contribution in [2.75, 3.05) is 19.8 Å². The van der Waals surface area contributed by atoms with Gasteiger partial charge in [-0.2, -0.15) is 0 Å². The topological polar surface area (TPSA) is 52.5 Å². The van der Waals surface area contributed by atoms with Crippen molar-refractivity contribution in [1.82, 2.24) is 5.32 Å². The van der Waals surface area contributed by atoms with Crippen molar-refractivity contribution in [2.45, 2.75) is 46.1 Å². The molecular weight excluding hydrogens is 202 g/mol. The molecule has 3 atom stereocenters. The third kappa shape index (κ3) is 3.44. The third-order valence-corrected chi connectivity index (χ3v) is 4.26. The Labute approximate surface area is 99.3 Å². The van der Waals surface area contributed by atoms with E-state index in [2.05, 4.69) is 19.2 Å². The highest BCUT2D eigenvalue weighted by Gasteiger charge is 2.29. The lowest BCUT2D eigenvalue weighted by atomic mass is 9.77. The second-order valence-corrected chi connectivity index (χ2v) is 5.88. The molecule has 1 rings (SSSR count). The lowest BCUT2D eigenvalue weighted by molar-refractivity contribution is 0.0611. The van der Waals surface area contributed by atoms with Gasteiger partial charge in [-0.15, -0.1) is 0 Å². The molecule has 3 N–H and O–H groups in total. The molecule has 0 spiro atoms. The predicted molar refractivity (Wildman–Crippen MR) is 66.2 cm³/mol. The van der Waals surface area contributed by atoms with E-state index in [0.29, 0.717) is 18.5 Å². The first-order chi connectivity index (χ1) is 7.52. The van der Waals surface area contributed by atoms with Crippen LogP contribution in [0.3, 0.4) is 0 Å². The van der Waals surface area contributed by atoms with Gasteiger partial charge in [-0.3, -0.25) is 0 Å². The van der Waals surface area contributed by atoms with Crippen LogP contribution in [-0.2, 0) is 0 Å². The second-order valence-electron chi connectivity index (χ2n) is 5.88. The van der Waals surface area contributed by atoms with Crippen molar-refractivity contribution in [3.63, 3.8) is 0 Å². The molecule has 0 amide bonds. The van der Waals surface area contributed by atoms with Crippen molar-refractivity contribution in [1.29, 1.82) is 0 Å². The van der Waals surface area contributed by atoms with Crippen LogP contribution in [0.25, 0.3) is 0 Å². The number of hydrogen-bond acceptors (Lipinski definition) is 3. The summed E-state index contributed by atoms with van der Waals surface area (Å²) in [6.07, 6.45) is 3.84. The first kappa shape index (κ1) is 13.9. The van der Waals surface area contributed by atoms with Gasteiger partial charge < -0.3 is 15.5 Å². The number of aliphatic hydroxyl groups is 2. The molecule has 0 radical (unpaired) electrons. The molecule has 1 aliphatic rings. The van der Waals surface area contributed by atoms with Crippen LogP contribution in [0.2, 0.25) is 0 Å². The summed E-state index contributed by atoms with van der Waals surface area (Å²) in [5.41, 5.74) is -0.388. The Hall–Kier alpha value is -0.120. The Balaban J connectivity index is 2.42. The van der Waals surface area contributed by atoms with Gasteiger partial charge in [0.05, 0.1) is 13.2 Å². The van der Waals surface area contributed by atoms with Crippen LogP contribution >= 0.6 is 0 Å². The van der Waals surface area contributed by atoms with Crippen LogP contribution in [0.15, 0.2) is 0 Å². The van der Waals surface area contributed by atoms with E-state index in [-0.39, 0.29) is 18.6 Å². The summed E-state index contributed by atoms with van der Waals surface area (Å²) < 4.78 is 0. The van der Waals surface area contributed by atoms with Gasteiger partial charge in [-0.25, -0.2) is 0 Å². The molecule has 3 nitrogen and oxygen atoms in total. The second kappa shape index (κ2) is 5.99. The molecule has 0 aliphatic heterocycles. The minimum Gasteiger partial charge on any atom is -0.396 e. The van der Waals surface area contributed by atoms with Gasteiger partial charge in [0.2, 0.25) is 0 Å². The summed E-state index contributed by atoms with van der Waals surface area (Å²) in [7, 11) is 0. The predicted octanol–water partition coefficient (Wildman–Crippen LogP) is 1.39. The summed E-state index contributed by atoms with van der Waals surface area (Å²) in [4.78, 5) is 0. The lowest BCUT2D eigenvalue weighted by Gasteiger charge is -2.37. The number of hydrogen-bond donors (Lipinski definition) is 3. The quantitative estimate of drug-likeness (QED) is 0.668. The SMILES string of the molecule is CC1CCCC(NCC(C)(CO)CO)C1C. The normalized spacial score (nSPS) is 31.7. The molecule has 0 heterocycles. The van der Waals surface area contributed by atoms with E-state index in [9.17, 15) is 10.2 Å². The molecule has 0 aromatic heterocycles. The van der Waals surface area contributed by atoms with E-state index in [0.717, 1.165) is 5.92 Å². The zero-order valence-corrected chi connectivity index (χ0v) is 10.9. The molecule has 0 aromatic carbocycles. The average molecular weight is 229 g/mol. The molecule has 1 saturated carbocycles. The number of nitrogens with one attached hydrogen (secondary N) is 1. The molecule has 1 fully saturated rings. The van der Waals surface area contributed by atoms with Crippen LogP contribution in [0.4, 0.5) is 0 Å². The minimum atomic E-state index is -0.388. The van der Waals surface area contributed by atoms with Gasteiger partial charge in [0.25, 0.3) is 0 Å². The monoisotopic (exact) mass is 229 g/mol. The largest absolute Gasteiger partial charge is 0.396 e. The summed E-state index contributed by atoms with van der Waals surface area (Å²) in [5.74, 6) is 1.47. The molecule has 0 saturated heterocycles. The van der Waals surface area contributed by atoms with Crippen LogP contribution in [-0.4, -0.2) is 36.0 Å². The van der Waals surface area contributed by atoms with Crippen LogP contribution in [0.1, 0.15) is 40.0 Å². The molecule has 3 heteroatoms. The van der Waals surface area contributed by atoms with Crippen LogP contribution in [0, 0.1) is 17.3 Å². The fourth-order valence-corrected chi connectivity index (χ4v) is 2.41. The Bertz CT molecular complexity index is 204. The first-order valence-corrected chi connectivity index (χ1v) is 6.47. The van der Waals surface area contributed by atoms with Crippen molar-refractivity contribution in [2.24, 2.45) is 17.3 Å². The van der Waals surface area contributed by atoms with Crippen molar-refractivity contribution >= 4 is 0 Å². The van der Waals surface area contributed by atoms with Crippen LogP contribution in [0.5, 0.6) is 0 Å². The van der Waals surface area contributed by atoms with E-state index >= 15 is 0 Å². The summed E-state index contributed by atoms with van der Waals surface area (Å²) in [6.45, 7) is 7.30. The van der Waals surface area contributed by atoms with Gasteiger partial charge in [0.15, 0.2) is 0 Å². The van der Waals surface area contributed by atoms with E-state index in [1.807, 2.05) is 6.92 Å². The Morgan fingerprint density at radius 1 is 1.19 bits per heavy atom. The zero-order valence-electron chi connectivity index (χ0n) is 10.9. The number of aliphatic hydroxyl groups excluding tert-OH is 2. The first-order valence-electron chi connectivity index (χ1n) is 6.47. The number of rotatable bonds is 5. The average Bonchev–Trinajstić information content (AvgIpc) is 2.31. The summed E-state index contributed by atoms with van der Waals surface area (Å²) >= 11 is 0. The summed E-state index contributed by atoms with van der Waals surface area (Å²) in [5, 5.41) is 22.0. The van der Waals surface area contributed by atoms with Gasteiger partial charge in [0.1, 0.15) is 0 Å². The molecule has 0 bridgehead atoms. The van der Waals surface area contributed by atoms with Gasteiger partial charge in [-0.1, -0.05) is 33.6 Å². The van der Waals surface area contributed by atoms with Crippen molar-refractivity contribution < 1.29 is 10.2 Å². The molecular formula is C13H27NO2. The van der Waals surface area contributed by atoms with Gasteiger partial charge in [0, 0.05) is 18.0 Å². The highest BCUT2D eigenvalue weighted by Crippen LogP contribution is 2.29. The Morgan fingerprint density at radius 3 is 2.38 bits per heavy atom. The van der Waals surface area contributed by atoms with Crippen LogP contribution < -0.4 is 5.32 Å². The molecule has 1 aliphatic carbocycles. The molecule has 3 unspecified atom stereocenters. The third-order valence-electron chi connectivity index (χ3n) is 4.26. The van der Waals surface area contributed by atoms with Crippen molar-refractivity contribution in [3.05, 3.63) is 0 Å². The standard InChI is InChI=1S/C13H27NO2/c1-10-5-4-6-12(11(10)2)14-7-13(3,8-15)9-16/h10-12,14-16H,4-9H2,1-3H3. The Morgan fingerprint density at radius 2 is 1.81 bits per heavy atom. The van der Waals surface area contributed by atoms with E-state index in [4.69, 9.17) is 0 Å². The smallest absolute Gasteiger partial charge is 0.0518 e. The lowest BCUT2D eigenvalue weighted by Crippen LogP contribution is -2.47. The van der Waals surface area contributed by atoms with Gasteiger partial charge >= 0.3 is 0 Å². The molecule has 0 aromatic rings. The zero-order chi connectivity index (χ0) is 12.2. The summed E-state index contributed by atoms with van der Waals surface area (Å²) in [6, 6.07) is 0.543. The fourth-order valence-electron chi connectivity index (χ4n) is 2.41.